The molecule has 198 valence electrons. The van der Waals surface area contributed by atoms with Gasteiger partial charge in [-0.2, -0.15) is 0 Å². The Kier molecular flexibility index (Phi) is 9.53. The highest BCUT2D eigenvalue weighted by Gasteiger charge is 2.46. The zero-order chi connectivity index (χ0) is 25.0. The van der Waals surface area contributed by atoms with Crippen LogP contribution in [0.3, 0.4) is 0 Å². The van der Waals surface area contributed by atoms with Crippen LogP contribution in [0.4, 0.5) is 0 Å². The minimum Gasteiger partial charge on any atom is -0.462 e. The molecule has 2 saturated heterocycles. The highest BCUT2D eigenvalue weighted by atomic mass is 16.5. The molecule has 3 rings (SSSR count). The first kappa shape index (κ1) is 27.9. The van der Waals surface area contributed by atoms with Crippen molar-refractivity contribution >= 4 is 5.97 Å². The number of rotatable bonds is 9. The normalized spacial score (nSPS) is 33.9. The van der Waals surface area contributed by atoms with Crippen LogP contribution in [0.2, 0.25) is 0 Å². The van der Waals surface area contributed by atoms with Gasteiger partial charge in [-0.15, -0.1) is 0 Å². The molecule has 0 aromatic rings. The molecule has 0 aromatic carbocycles. The van der Waals surface area contributed by atoms with E-state index < -0.39 is 0 Å². The van der Waals surface area contributed by atoms with Crippen LogP contribution in [0.1, 0.15) is 113 Å². The summed E-state index contributed by atoms with van der Waals surface area (Å²) in [4.78, 5) is 15.2. The van der Waals surface area contributed by atoms with Crippen LogP contribution in [0, 0.1) is 17.3 Å². The summed E-state index contributed by atoms with van der Waals surface area (Å²) in [7, 11) is 0. The molecule has 5 nitrogen and oxygen atoms in total. The Bertz CT molecular complexity index is 650. The number of esters is 1. The summed E-state index contributed by atoms with van der Waals surface area (Å²) >= 11 is 0. The lowest BCUT2D eigenvalue weighted by Crippen LogP contribution is -2.64. The second-order valence-corrected chi connectivity index (χ2v) is 13.5. The van der Waals surface area contributed by atoms with Gasteiger partial charge in [-0.05, 0) is 103 Å². The number of hydrogen-bond donors (Lipinski definition) is 1. The van der Waals surface area contributed by atoms with E-state index in [1.807, 2.05) is 6.92 Å². The molecule has 1 aliphatic carbocycles. The summed E-state index contributed by atoms with van der Waals surface area (Å²) in [6.45, 7) is 19.9. The van der Waals surface area contributed by atoms with Gasteiger partial charge in [0.2, 0.25) is 0 Å². The van der Waals surface area contributed by atoms with Crippen molar-refractivity contribution in [1.82, 2.24) is 10.2 Å². The first-order chi connectivity index (χ1) is 15.9. The molecule has 0 bridgehead atoms. The smallest absolute Gasteiger partial charge is 0.310 e. The molecule has 1 N–H and O–H groups in total. The SMILES string of the molecule is CCC(C)(C)COC1CC(C)(C)NC(C)(C2CCC(OC(=O)C(C)CN3CCCCC3)CC2)C1. The van der Waals surface area contributed by atoms with Crippen LogP contribution in [0.15, 0.2) is 0 Å². The van der Waals surface area contributed by atoms with E-state index in [-0.39, 0.29) is 34.5 Å². The Morgan fingerprint density at radius 2 is 1.68 bits per heavy atom. The first-order valence-corrected chi connectivity index (χ1v) is 14.3. The van der Waals surface area contributed by atoms with Crippen molar-refractivity contribution in [2.75, 3.05) is 26.2 Å². The number of hydrogen-bond acceptors (Lipinski definition) is 5. The van der Waals surface area contributed by atoms with E-state index in [4.69, 9.17) is 9.47 Å². The molecular weight excluding hydrogens is 424 g/mol. The number of piperidine rings is 2. The summed E-state index contributed by atoms with van der Waals surface area (Å²) in [6, 6.07) is 0. The van der Waals surface area contributed by atoms with Crippen LogP contribution in [-0.4, -0.2) is 60.4 Å². The minimum absolute atomic E-state index is 0.00385. The van der Waals surface area contributed by atoms with Gasteiger partial charge in [0, 0.05) is 17.6 Å². The largest absolute Gasteiger partial charge is 0.462 e. The quantitative estimate of drug-likeness (QED) is 0.415. The topological polar surface area (TPSA) is 50.8 Å². The highest BCUT2D eigenvalue weighted by molar-refractivity contribution is 5.72. The lowest BCUT2D eigenvalue weighted by Gasteiger charge is -2.53. The molecule has 0 amide bonds. The summed E-state index contributed by atoms with van der Waals surface area (Å²) in [5, 5.41) is 4.01. The van der Waals surface area contributed by atoms with Crippen molar-refractivity contribution in [2.45, 2.75) is 136 Å². The van der Waals surface area contributed by atoms with Gasteiger partial charge in [0.05, 0.1) is 18.6 Å². The highest BCUT2D eigenvalue weighted by Crippen LogP contribution is 2.42. The minimum atomic E-state index is -0.0283. The van der Waals surface area contributed by atoms with Crippen LogP contribution < -0.4 is 5.32 Å². The molecule has 0 spiro atoms. The van der Waals surface area contributed by atoms with Gasteiger partial charge in [0.15, 0.2) is 0 Å². The number of nitrogens with one attached hydrogen (secondary N) is 1. The van der Waals surface area contributed by atoms with Crippen molar-refractivity contribution in [3.05, 3.63) is 0 Å². The van der Waals surface area contributed by atoms with Crippen LogP contribution in [0.25, 0.3) is 0 Å². The van der Waals surface area contributed by atoms with Crippen LogP contribution >= 0.6 is 0 Å². The average molecular weight is 479 g/mol. The van der Waals surface area contributed by atoms with Gasteiger partial charge in [-0.1, -0.05) is 34.1 Å². The molecule has 1 saturated carbocycles. The molecule has 5 heteroatoms. The van der Waals surface area contributed by atoms with E-state index in [9.17, 15) is 4.79 Å². The number of ether oxygens (including phenoxy) is 2. The molecule has 2 aliphatic heterocycles. The summed E-state index contributed by atoms with van der Waals surface area (Å²) in [5.74, 6) is 0.571. The van der Waals surface area contributed by atoms with Crippen LogP contribution in [0.5, 0.6) is 0 Å². The zero-order valence-electron chi connectivity index (χ0n) is 23.4. The van der Waals surface area contributed by atoms with E-state index in [0.29, 0.717) is 12.0 Å². The van der Waals surface area contributed by atoms with Gasteiger partial charge < -0.3 is 19.7 Å². The molecule has 2 heterocycles. The van der Waals surface area contributed by atoms with Gasteiger partial charge in [-0.3, -0.25) is 4.79 Å². The molecule has 3 atom stereocenters. The molecule has 0 radical (unpaired) electrons. The molecule has 3 fully saturated rings. The predicted octanol–water partition coefficient (Wildman–Crippen LogP) is 5.95. The first-order valence-electron chi connectivity index (χ1n) is 14.3. The molecule has 3 aliphatic rings. The predicted molar refractivity (Wildman–Crippen MR) is 140 cm³/mol. The Morgan fingerprint density at radius 3 is 2.29 bits per heavy atom. The van der Waals surface area contributed by atoms with Crippen LogP contribution in [-0.2, 0) is 14.3 Å². The van der Waals surface area contributed by atoms with E-state index >= 15 is 0 Å². The number of nitrogens with zero attached hydrogens (tertiary/aromatic N) is 1. The van der Waals surface area contributed by atoms with E-state index in [1.165, 1.54) is 19.3 Å². The Hall–Kier alpha value is -0.650. The summed E-state index contributed by atoms with van der Waals surface area (Å²) in [5.41, 5.74) is 0.374. The lowest BCUT2D eigenvalue weighted by molar-refractivity contribution is -0.156. The maximum atomic E-state index is 12.8. The van der Waals surface area contributed by atoms with Gasteiger partial charge >= 0.3 is 5.97 Å². The molecular formula is C29H54N2O3. The second-order valence-electron chi connectivity index (χ2n) is 13.5. The Morgan fingerprint density at radius 1 is 1.03 bits per heavy atom. The maximum absolute atomic E-state index is 12.8. The van der Waals surface area contributed by atoms with Gasteiger partial charge in [0.1, 0.15) is 6.10 Å². The number of carbonyl (C=O) groups is 1. The second kappa shape index (κ2) is 11.6. The number of likely N-dealkylation sites (tertiary alicyclic amines) is 1. The standard InChI is InChI=1S/C29H54N2O3/c1-8-27(3,4)21-33-25-18-28(5,6)30-29(7,19-25)23-12-14-24(15-13-23)34-26(32)22(2)20-31-16-10-9-11-17-31/h22-25,30H,8-21H2,1-7H3. The average Bonchev–Trinajstić information content (AvgIpc) is 2.77. The lowest BCUT2D eigenvalue weighted by atomic mass is 9.68. The van der Waals surface area contributed by atoms with E-state index in [0.717, 1.165) is 71.2 Å². The monoisotopic (exact) mass is 478 g/mol. The van der Waals surface area contributed by atoms with Crippen molar-refractivity contribution in [1.29, 1.82) is 0 Å². The van der Waals surface area contributed by atoms with Crippen molar-refractivity contribution in [3.8, 4) is 0 Å². The third-order valence-corrected chi connectivity index (χ3v) is 8.92. The molecule has 3 unspecified atom stereocenters. The fraction of sp³-hybridized carbons (Fsp3) is 0.966. The fourth-order valence-corrected chi connectivity index (χ4v) is 6.52. The Labute approximate surface area is 210 Å². The van der Waals surface area contributed by atoms with Gasteiger partial charge in [-0.25, -0.2) is 0 Å². The third-order valence-electron chi connectivity index (χ3n) is 8.92. The van der Waals surface area contributed by atoms with E-state index in [1.54, 1.807) is 0 Å². The van der Waals surface area contributed by atoms with Crippen molar-refractivity contribution in [2.24, 2.45) is 17.3 Å². The Balaban J connectivity index is 1.49. The van der Waals surface area contributed by atoms with Crippen molar-refractivity contribution in [3.63, 3.8) is 0 Å². The maximum Gasteiger partial charge on any atom is 0.310 e. The summed E-state index contributed by atoms with van der Waals surface area (Å²) < 4.78 is 12.5. The third kappa shape index (κ3) is 7.93. The van der Waals surface area contributed by atoms with Crippen molar-refractivity contribution < 1.29 is 14.3 Å². The number of carbonyl (C=O) groups excluding carboxylic acids is 1. The van der Waals surface area contributed by atoms with Gasteiger partial charge in [0.25, 0.3) is 0 Å². The van der Waals surface area contributed by atoms with E-state index in [2.05, 4.69) is 51.8 Å². The molecule has 0 aromatic heterocycles. The zero-order valence-corrected chi connectivity index (χ0v) is 23.4. The fourth-order valence-electron chi connectivity index (χ4n) is 6.52. The summed E-state index contributed by atoms with van der Waals surface area (Å²) in [6.07, 6.45) is 11.7. The molecule has 34 heavy (non-hydrogen) atoms.